The van der Waals surface area contributed by atoms with E-state index in [2.05, 4.69) is 27.8 Å². The number of ether oxygens (including phenoxy) is 1. The molecule has 2 rings (SSSR count). The van der Waals surface area contributed by atoms with Gasteiger partial charge in [0.05, 0.1) is 11.1 Å². The largest absolute Gasteiger partial charge is 0.503 e. The second kappa shape index (κ2) is 7.32. The smallest absolute Gasteiger partial charge is 0.172 e. The van der Waals surface area contributed by atoms with Gasteiger partial charge in [-0.15, -0.1) is 0 Å². The Morgan fingerprint density at radius 1 is 1.40 bits per heavy atom. The molecule has 0 radical (unpaired) electrons. The number of nitrogens with zero attached hydrogens (tertiary/aromatic N) is 1. The quantitative estimate of drug-likeness (QED) is 0.872. The first-order valence-electron chi connectivity index (χ1n) is 7.50. The minimum Gasteiger partial charge on any atom is -0.503 e. The Kier molecular flexibility index (Phi) is 5.73. The van der Waals surface area contributed by atoms with Gasteiger partial charge in [0.2, 0.25) is 0 Å². The molecule has 1 atom stereocenters. The summed E-state index contributed by atoms with van der Waals surface area (Å²) in [7, 11) is 0. The van der Waals surface area contributed by atoms with Crippen LogP contribution in [0.3, 0.4) is 0 Å². The molecule has 0 bridgehead atoms. The summed E-state index contributed by atoms with van der Waals surface area (Å²) in [6.45, 7) is 8.04. The van der Waals surface area contributed by atoms with Gasteiger partial charge in [0.25, 0.3) is 0 Å². The summed E-state index contributed by atoms with van der Waals surface area (Å²) in [5, 5.41) is 9.95. The van der Waals surface area contributed by atoms with Crippen LogP contribution in [-0.2, 0) is 6.54 Å². The van der Waals surface area contributed by atoms with Gasteiger partial charge in [-0.05, 0) is 65.9 Å². The van der Waals surface area contributed by atoms with Gasteiger partial charge in [-0.25, -0.2) is 0 Å². The van der Waals surface area contributed by atoms with Crippen molar-refractivity contribution in [3.05, 3.63) is 22.2 Å². The van der Waals surface area contributed by atoms with Gasteiger partial charge in [-0.3, -0.25) is 4.90 Å². The Bertz CT molecular complexity index is 450. The lowest BCUT2D eigenvalue weighted by atomic mass is 9.95. The molecule has 20 heavy (non-hydrogen) atoms. The van der Waals surface area contributed by atoms with E-state index in [1.165, 1.54) is 37.9 Å². The molecule has 0 saturated carbocycles. The Morgan fingerprint density at radius 3 is 2.90 bits per heavy atom. The van der Waals surface area contributed by atoms with Crippen LogP contribution in [0.4, 0.5) is 0 Å². The van der Waals surface area contributed by atoms with E-state index in [0.717, 1.165) is 12.5 Å². The summed E-state index contributed by atoms with van der Waals surface area (Å²) in [5.74, 6) is 1.59. The average molecular weight is 342 g/mol. The van der Waals surface area contributed by atoms with Gasteiger partial charge >= 0.3 is 0 Å². The molecule has 1 aliphatic heterocycles. The molecule has 1 heterocycles. The molecule has 4 heteroatoms. The van der Waals surface area contributed by atoms with Gasteiger partial charge in [-0.2, -0.15) is 0 Å². The molecule has 1 aromatic rings. The predicted molar refractivity (Wildman–Crippen MR) is 85.3 cm³/mol. The molecular weight excluding hydrogens is 318 g/mol. The molecule has 1 N–H and O–H groups in total. The highest BCUT2D eigenvalue weighted by Gasteiger charge is 2.19. The van der Waals surface area contributed by atoms with Gasteiger partial charge < -0.3 is 9.84 Å². The number of piperidine rings is 1. The fraction of sp³-hybridized carbons (Fsp3) is 0.625. The van der Waals surface area contributed by atoms with Crippen molar-refractivity contribution in [2.75, 3.05) is 19.7 Å². The minimum absolute atomic E-state index is 0.195. The van der Waals surface area contributed by atoms with Crippen molar-refractivity contribution in [1.29, 1.82) is 0 Å². The third kappa shape index (κ3) is 3.89. The van der Waals surface area contributed by atoms with Crippen LogP contribution in [0.1, 0.15) is 38.7 Å². The monoisotopic (exact) mass is 341 g/mol. The zero-order valence-electron chi connectivity index (χ0n) is 12.4. The Balaban J connectivity index is 2.08. The normalized spacial score (nSPS) is 20.1. The van der Waals surface area contributed by atoms with Gasteiger partial charge in [0, 0.05) is 13.1 Å². The molecule has 0 aromatic heterocycles. The average Bonchev–Trinajstić information content (AvgIpc) is 2.44. The molecule has 1 aromatic carbocycles. The Labute approximate surface area is 130 Å². The van der Waals surface area contributed by atoms with E-state index < -0.39 is 0 Å². The first-order chi connectivity index (χ1) is 9.63. The zero-order valence-corrected chi connectivity index (χ0v) is 13.9. The summed E-state index contributed by atoms with van der Waals surface area (Å²) in [5.41, 5.74) is 1.19. The summed E-state index contributed by atoms with van der Waals surface area (Å²) in [6.07, 6.45) is 3.91. The molecule has 0 amide bonds. The van der Waals surface area contributed by atoms with Crippen molar-refractivity contribution in [2.45, 2.75) is 39.7 Å². The number of halogens is 1. The maximum atomic E-state index is 9.95. The zero-order chi connectivity index (χ0) is 14.5. The number of aromatic hydroxyl groups is 1. The third-order valence-electron chi connectivity index (χ3n) is 3.97. The topological polar surface area (TPSA) is 32.7 Å². The van der Waals surface area contributed by atoms with E-state index >= 15 is 0 Å². The lowest BCUT2D eigenvalue weighted by Crippen LogP contribution is -2.34. The summed E-state index contributed by atoms with van der Waals surface area (Å²) in [6, 6.07) is 3.95. The van der Waals surface area contributed by atoms with E-state index in [1.807, 2.05) is 19.1 Å². The van der Waals surface area contributed by atoms with E-state index in [-0.39, 0.29) is 5.75 Å². The highest BCUT2D eigenvalue weighted by molar-refractivity contribution is 9.10. The van der Waals surface area contributed by atoms with Crippen molar-refractivity contribution >= 4 is 15.9 Å². The van der Waals surface area contributed by atoms with E-state index in [4.69, 9.17) is 4.74 Å². The van der Waals surface area contributed by atoms with Gasteiger partial charge in [0.15, 0.2) is 11.5 Å². The van der Waals surface area contributed by atoms with Crippen molar-refractivity contribution in [3.63, 3.8) is 0 Å². The SMILES string of the molecule is CCOc1cc(CN2CCCC(CC)C2)cc(Br)c1O. The van der Waals surface area contributed by atoms with Crippen molar-refractivity contribution in [1.82, 2.24) is 4.90 Å². The fourth-order valence-electron chi connectivity index (χ4n) is 2.87. The number of likely N-dealkylation sites (tertiary alicyclic amines) is 1. The molecule has 1 fully saturated rings. The van der Waals surface area contributed by atoms with Crippen LogP contribution in [0.15, 0.2) is 16.6 Å². The molecular formula is C16H24BrNO2. The number of phenolic OH excluding ortho intramolecular Hbond substituents is 1. The van der Waals surface area contributed by atoms with Crippen LogP contribution >= 0.6 is 15.9 Å². The number of benzene rings is 1. The molecule has 1 unspecified atom stereocenters. The second-order valence-electron chi connectivity index (χ2n) is 5.51. The molecule has 1 saturated heterocycles. The van der Waals surface area contributed by atoms with E-state index in [0.29, 0.717) is 16.8 Å². The molecule has 3 nitrogen and oxygen atoms in total. The van der Waals surface area contributed by atoms with Crippen LogP contribution in [0.5, 0.6) is 11.5 Å². The number of phenols is 1. The first-order valence-corrected chi connectivity index (χ1v) is 8.29. The summed E-state index contributed by atoms with van der Waals surface area (Å²) < 4.78 is 6.20. The molecule has 1 aliphatic rings. The highest BCUT2D eigenvalue weighted by atomic mass is 79.9. The number of hydrogen-bond acceptors (Lipinski definition) is 3. The van der Waals surface area contributed by atoms with Crippen LogP contribution in [0.2, 0.25) is 0 Å². The molecule has 0 aliphatic carbocycles. The molecule has 112 valence electrons. The lowest BCUT2D eigenvalue weighted by Gasteiger charge is -2.32. The van der Waals surface area contributed by atoms with Gasteiger partial charge in [0.1, 0.15) is 0 Å². The van der Waals surface area contributed by atoms with Crippen LogP contribution in [-0.4, -0.2) is 29.7 Å². The van der Waals surface area contributed by atoms with Crippen LogP contribution in [0, 0.1) is 5.92 Å². The first kappa shape index (κ1) is 15.6. The second-order valence-corrected chi connectivity index (χ2v) is 6.36. The van der Waals surface area contributed by atoms with Gasteiger partial charge in [-0.1, -0.05) is 13.3 Å². The number of hydrogen-bond donors (Lipinski definition) is 1. The maximum absolute atomic E-state index is 9.95. The highest BCUT2D eigenvalue weighted by Crippen LogP contribution is 2.36. The minimum atomic E-state index is 0.195. The maximum Gasteiger partial charge on any atom is 0.172 e. The van der Waals surface area contributed by atoms with Crippen LogP contribution in [0.25, 0.3) is 0 Å². The van der Waals surface area contributed by atoms with E-state index in [9.17, 15) is 5.11 Å². The van der Waals surface area contributed by atoms with Crippen molar-refractivity contribution < 1.29 is 9.84 Å². The standard InChI is InChI=1S/C16H24BrNO2/c1-3-12-6-5-7-18(10-12)11-13-8-14(17)16(19)15(9-13)20-4-2/h8-9,12,19H,3-7,10-11H2,1-2H3. The summed E-state index contributed by atoms with van der Waals surface area (Å²) in [4.78, 5) is 2.51. The van der Waals surface area contributed by atoms with Crippen LogP contribution < -0.4 is 4.74 Å². The Morgan fingerprint density at radius 2 is 2.20 bits per heavy atom. The predicted octanol–water partition coefficient (Wildman–Crippen LogP) is 4.18. The molecule has 0 spiro atoms. The lowest BCUT2D eigenvalue weighted by molar-refractivity contribution is 0.164. The van der Waals surface area contributed by atoms with E-state index in [1.54, 1.807) is 0 Å². The Hall–Kier alpha value is -0.740. The van der Waals surface area contributed by atoms with Crippen molar-refractivity contribution in [2.24, 2.45) is 5.92 Å². The van der Waals surface area contributed by atoms with Crippen molar-refractivity contribution in [3.8, 4) is 11.5 Å². The fourth-order valence-corrected chi connectivity index (χ4v) is 3.36. The summed E-state index contributed by atoms with van der Waals surface area (Å²) >= 11 is 3.41. The number of rotatable bonds is 5. The third-order valence-corrected chi connectivity index (χ3v) is 4.58.